The minimum Gasteiger partial charge on any atom is -0.364 e. The zero-order valence-electron chi connectivity index (χ0n) is 5.60. The first-order valence-electron chi connectivity index (χ1n) is 2.76. The molecule has 0 saturated heterocycles. The number of halogens is 2. The molecule has 0 aliphatic rings. The Morgan fingerprint density at radius 2 is 2.27 bits per heavy atom. The highest BCUT2D eigenvalue weighted by molar-refractivity contribution is 5.81. The van der Waals surface area contributed by atoms with E-state index in [1.165, 1.54) is 0 Å². The van der Waals surface area contributed by atoms with E-state index in [1.54, 1.807) is 6.07 Å². The van der Waals surface area contributed by atoms with Crippen LogP contribution in [0.15, 0.2) is 0 Å². The number of carbonyl (C=O) groups is 1. The van der Waals surface area contributed by atoms with Crippen LogP contribution in [0.2, 0.25) is 0 Å². The van der Waals surface area contributed by atoms with E-state index < -0.39 is 18.4 Å². The largest absolute Gasteiger partial charge is 0.364 e. The summed E-state index contributed by atoms with van der Waals surface area (Å²) in [6.07, 6.45) is 0. The number of carbonyl (C=O) groups excluding carboxylic acids is 1. The van der Waals surface area contributed by atoms with Crippen LogP contribution in [0.25, 0.3) is 0 Å². The van der Waals surface area contributed by atoms with Crippen molar-refractivity contribution in [3.8, 4) is 6.07 Å². The van der Waals surface area contributed by atoms with Gasteiger partial charge in [0.2, 0.25) is 0 Å². The SMILES string of the molecule is N#CCNCC(F)(F)C(N)=O. The van der Waals surface area contributed by atoms with Gasteiger partial charge in [-0.2, -0.15) is 14.0 Å². The molecule has 0 aromatic rings. The van der Waals surface area contributed by atoms with Gasteiger partial charge in [-0.1, -0.05) is 0 Å². The summed E-state index contributed by atoms with van der Waals surface area (Å²) in [5.74, 6) is -5.26. The van der Waals surface area contributed by atoms with E-state index in [-0.39, 0.29) is 6.54 Å². The van der Waals surface area contributed by atoms with Gasteiger partial charge in [0, 0.05) is 0 Å². The second-order valence-corrected chi connectivity index (χ2v) is 1.83. The Morgan fingerprint density at radius 3 is 2.64 bits per heavy atom. The van der Waals surface area contributed by atoms with E-state index >= 15 is 0 Å². The maximum absolute atomic E-state index is 12.2. The number of nitriles is 1. The van der Waals surface area contributed by atoms with Crippen LogP contribution in [0.5, 0.6) is 0 Å². The first-order chi connectivity index (χ1) is 5.00. The number of nitrogens with one attached hydrogen (secondary N) is 1. The first-order valence-corrected chi connectivity index (χ1v) is 2.76. The van der Waals surface area contributed by atoms with E-state index in [0.717, 1.165) is 0 Å². The molecule has 0 bridgehead atoms. The van der Waals surface area contributed by atoms with Gasteiger partial charge in [0.05, 0.1) is 19.2 Å². The van der Waals surface area contributed by atoms with Crippen molar-refractivity contribution in [2.24, 2.45) is 5.73 Å². The van der Waals surface area contributed by atoms with Gasteiger partial charge in [-0.25, -0.2) is 0 Å². The molecule has 6 heteroatoms. The van der Waals surface area contributed by atoms with Crippen LogP contribution in [0.4, 0.5) is 8.78 Å². The van der Waals surface area contributed by atoms with E-state index in [2.05, 4.69) is 5.73 Å². The third-order valence-corrected chi connectivity index (χ3v) is 0.912. The van der Waals surface area contributed by atoms with E-state index in [4.69, 9.17) is 5.26 Å². The number of nitrogens with zero attached hydrogens (tertiary/aromatic N) is 1. The minimum atomic E-state index is -3.57. The van der Waals surface area contributed by atoms with Crippen molar-refractivity contribution >= 4 is 5.91 Å². The fourth-order valence-corrected chi connectivity index (χ4v) is 0.363. The van der Waals surface area contributed by atoms with E-state index in [9.17, 15) is 13.6 Å². The number of nitrogens with two attached hydrogens (primary N) is 1. The van der Waals surface area contributed by atoms with Crippen LogP contribution in [-0.4, -0.2) is 24.9 Å². The van der Waals surface area contributed by atoms with Gasteiger partial charge < -0.3 is 5.73 Å². The fourth-order valence-electron chi connectivity index (χ4n) is 0.363. The van der Waals surface area contributed by atoms with Crippen LogP contribution in [0, 0.1) is 11.3 Å². The van der Waals surface area contributed by atoms with Crippen molar-refractivity contribution < 1.29 is 13.6 Å². The lowest BCUT2D eigenvalue weighted by Gasteiger charge is -2.10. The first kappa shape index (κ1) is 9.78. The van der Waals surface area contributed by atoms with Gasteiger partial charge in [-0.15, -0.1) is 0 Å². The maximum atomic E-state index is 12.2. The third-order valence-electron chi connectivity index (χ3n) is 0.912. The number of primary amides is 1. The van der Waals surface area contributed by atoms with E-state index in [1.807, 2.05) is 5.32 Å². The van der Waals surface area contributed by atoms with Crippen LogP contribution in [0.1, 0.15) is 0 Å². The molecule has 0 rings (SSSR count). The molecule has 1 amide bonds. The molecule has 0 heterocycles. The molecule has 0 aliphatic heterocycles. The molecule has 0 fully saturated rings. The summed E-state index contributed by atoms with van der Waals surface area (Å²) in [5, 5.41) is 9.97. The Morgan fingerprint density at radius 1 is 1.73 bits per heavy atom. The summed E-state index contributed by atoms with van der Waals surface area (Å²) in [6, 6.07) is 1.58. The molecule has 0 unspecified atom stereocenters. The van der Waals surface area contributed by atoms with Gasteiger partial charge in [-0.3, -0.25) is 10.1 Å². The lowest BCUT2D eigenvalue weighted by molar-refractivity contribution is -0.141. The van der Waals surface area contributed by atoms with Gasteiger partial charge in [-0.05, 0) is 0 Å². The van der Waals surface area contributed by atoms with Crippen molar-refractivity contribution in [1.29, 1.82) is 5.26 Å². The second kappa shape index (κ2) is 3.83. The Balaban J connectivity index is 3.75. The minimum absolute atomic E-state index is 0.233. The van der Waals surface area contributed by atoms with Crippen molar-refractivity contribution in [2.75, 3.05) is 13.1 Å². The lowest BCUT2D eigenvalue weighted by Crippen LogP contribution is -2.44. The summed E-state index contributed by atoms with van der Waals surface area (Å²) in [6.45, 7) is -1.13. The predicted octanol–water partition coefficient (Wildman–Crippen LogP) is -0.780. The normalized spacial score (nSPS) is 10.6. The summed E-state index contributed by atoms with van der Waals surface area (Å²) >= 11 is 0. The van der Waals surface area contributed by atoms with Crippen LogP contribution in [-0.2, 0) is 4.79 Å². The molecule has 0 atom stereocenters. The molecule has 3 N–H and O–H groups in total. The van der Waals surface area contributed by atoms with Crippen LogP contribution < -0.4 is 11.1 Å². The Bertz CT molecular complexity index is 187. The average Bonchev–Trinajstić information content (AvgIpc) is 1.88. The van der Waals surface area contributed by atoms with Crippen LogP contribution >= 0.6 is 0 Å². The van der Waals surface area contributed by atoms with Gasteiger partial charge in [0.1, 0.15) is 0 Å². The number of rotatable bonds is 4. The van der Waals surface area contributed by atoms with Crippen molar-refractivity contribution in [1.82, 2.24) is 5.32 Å². The number of hydrogen-bond acceptors (Lipinski definition) is 3. The average molecular weight is 163 g/mol. The zero-order chi connectivity index (χ0) is 8.91. The third kappa shape index (κ3) is 3.47. The molecule has 0 aromatic heterocycles. The summed E-state index contributed by atoms with van der Waals surface area (Å²) in [7, 11) is 0. The Labute approximate surface area is 62.0 Å². The number of amides is 1. The van der Waals surface area contributed by atoms with Crippen molar-refractivity contribution in [2.45, 2.75) is 5.92 Å². The van der Waals surface area contributed by atoms with E-state index in [0.29, 0.717) is 0 Å². The molecular formula is C5H7F2N3O. The van der Waals surface area contributed by atoms with Crippen molar-refractivity contribution in [3.05, 3.63) is 0 Å². The highest BCUT2D eigenvalue weighted by Crippen LogP contribution is 2.09. The molecule has 0 aliphatic carbocycles. The Hall–Kier alpha value is -1.22. The standard InChI is InChI=1S/C5H7F2N3O/c6-5(7,4(9)11)3-10-2-1-8/h10H,2-3H2,(H2,9,11). The quantitative estimate of drug-likeness (QED) is 0.421. The summed E-state index contributed by atoms with van der Waals surface area (Å²) < 4.78 is 24.4. The lowest BCUT2D eigenvalue weighted by atomic mass is 10.3. The molecule has 0 saturated carbocycles. The van der Waals surface area contributed by atoms with Gasteiger partial charge >= 0.3 is 5.92 Å². The molecule has 4 nitrogen and oxygen atoms in total. The number of alkyl halides is 2. The van der Waals surface area contributed by atoms with Gasteiger partial charge in [0.15, 0.2) is 0 Å². The van der Waals surface area contributed by atoms with Crippen LogP contribution in [0.3, 0.4) is 0 Å². The smallest absolute Gasteiger partial charge is 0.336 e. The molecule has 0 radical (unpaired) electrons. The van der Waals surface area contributed by atoms with Gasteiger partial charge in [0.25, 0.3) is 5.91 Å². The molecule has 0 spiro atoms. The fraction of sp³-hybridized carbons (Fsp3) is 0.600. The zero-order valence-corrected chi connectivity index (χ0v) is 5.60. The predicted molar refractivity (Wildman–Crippen MR) is 32.6 cm³/mol. The summed E-state index contributed by atoms with van der Waals surface area (Å²) in [4.78, 5) is 9.96. The molecule has 62 valence electrons. The molecular weight excluding hydrogens is 156 g/mol. The maximum Gasteiger partial charge on any atom is 0.336 e. The number of hydrogen-bond donors (Lipinski definition) is 2. The molecule has 0 aromatic carbocycles. The highest BCUT2D eigenvalue weighted by Gasteiger charge is 2.35. The summed E-state index contributed by atoms with van der Waals surface area (Å²) in [5.41, 5.74) is 4.34. The topological polar surface area (TPSA) is 78.9 Å². The van der Waals surface area contributed by atoms with Crippen molar-refractivity contribution in [3.63, 3.8) is 0 Å². The monoisotopic (exact) mass is 163 g/mol. The Kier molecular flexibility index (Phi) is 3.40. The second-order valence-electron chi connectivity index (χ2n) is 1.83. The highest BCUT2D eigenvalue weighted by atomic mass is 19.3. The molecule has 11 heavy (non-hydrogen) atoms.